The predicted molar refractivity (Wildman–Crippen MR) is 68.0 cm³/mol. The Bertz CT molecular complexity index is 646. The number of carbonyl (C=O) groups is 1. The van der Waals surface area contributed by atoms with Crippen LogP contribution in [0.5, 0.6) is 5.75 Å². The van der Waals surface area contributed by atoms with Crippen molar-refractivity contribution in [2.75, 3.05) is 7.11 Å². The maximum absolute atomic E-state index is 13.8. The second kappa shape index (κ2) is 4.60. The molecule has 2 aliphatic carbocycles. The molecule has 0 saturated heterocycles. The quantitative estimate of drug-likeness (QED) is 0.867. The van der Waals surface area contributed by atoms with Gasteiger partial charge in [-0.05, 0) is 18.9 Å². The molecule has 120 valence electrons. The molecule has 3 nitrogen and oxygen atoms in total. The Labute approximate surface area is 123 Å². The number of ether oxygens (including phenoxy) is 1. The summed E-state index contributed by atoms with van der Waals surface area (Å²) < 4.78 is 59.1. The van der Waals surface area contributed by atoms with Crippen LogP contribution < -0.4 is 4.74 Å². The van der Waals surface area contributed by atoms with E-state index in [1.807, 2.05) is 0 Å². The van der Waals surface area contributed by atoms with Gasteiger partial charge in [0.1, 0.15) is 0 Å². The van der Waals surface area contributed by atoms with Crippen LogP contribution in [-0.4, -0.2) is 24.1 Å². The van der Waals surface area contributed by atoms with E-state index in [1.165, 1.54) is 6.07 Å². The van der Waals surface area contributed by atoms with E-state index in [4.69, 9.17) is 4.74 Å². The summed E-state index contributed by atoms with van der Waals surface area (Å²) in [5.41, 5.74) is -1.20. The van der Waals surface area contributed by atoms with Crippen molar-refractivity contribution in [2.24, 2.45) is 11.3 Å². The summed E-state index contributed by atoms with van der Waals surface area (Å²) in [7, 11) is 1.13. The third-order valence-electron chi connectivity index (χ3n) is 4.92. The number of hydrogen-bond donors (Lipinski definition) is 1. The smallest absolute Gasteiger partial charge is 0.307 e. The number of benzene rings is 1. The fourth-order valence-electron chi connectivity index (χ4n) is 3.67. The zero-order chi connectivity index (χ0) is 16.3. The Morgan fingerprint density at radius 1 is 1.32 bits per heavy atom. The Kier molecular flexibility index (Phi) is 3.16. The number of alkyl halides is 2. The van der Waals surface area contributed by atoms with Gasteiger partial charge in [-0.15, -0.1) is 0 Å². The van der Waals surface area contributed by atoms with Crippen molar-refractivity contribution in [1.82, 2.24) is 0 Å². The van der Waals surface area contributed by atoms with Crippen molar-refractivity contribution in [3.05, 3.63) is 29.3 Å². The molecule has 0 radical (unpaired) electrons. The molecular weight excluding hydrogens is 304 g/mol. The molecule has 2 saturated carbocycles. The third-order valence-corrected chi connectivity index (χ3v) is 4.92. The minimum absolute atomic E-state index is 0.0710. The second-order valence-corrected chi connectivity index (χ2v) is 6.10. The minimum Gasteiger partial charge on any atom is -0.493 e. The first-order valence-corrected chi connectivity index (χ1v) is 6.85. The highest BCUT2D eigenvalue weighted by Crippen LogP contribution is 2.72. The molecule has 0 aromatic heterocycles. The van der Waals surface area contributed by atoms with Crippen LogP contribution in [0.25, 0.3) is 0 Å². The highest BCUT2D eigenvalue weighted by molar-refractivity contribution is 5.73. The van der Waals surface area contributed by atoms with Crippen LogP contribution in [0.15, 0.2) is 12.1 Å². The third kappa shape index (κ3) is 1.98. The molecule has 1 aromatic carbocycles. The summed E-state index contributed by atoms with van der Waals surface area (Å²) in [6, 6.07) is 2.08. The Morgan fingerprint density at radius 3 is 2.45 bits per heavy atom. The van der Waals surface area contributed by atoms with Gasteiger partial charge >= 0.3 is 5.97 Å². The van der Waals surface area contributed by atoms with Crippen LogP contribution in [0.3, 0.4) is 0 Å². The van der Waals surface area contributed by atoms with Gasteiger partial charge in [0.05, 0.1) is 13.0 Å². The first-order chi connectivity index (χ1) is 10.2. The van der Waals surface area contributed by atoms with E-state index in [0.29, 0.717) is 0 Å². The molecule has 1 aromatic rings. The van der Waals surface area contributed by atoms with Gasteiger partial charge in [0.2, 0.25) is 5.82 Å². The average Bonchev–Trinajstić information content (AvgIpc) is 2.80. The maximum Gasteiger partial charge on any atom is 0.307 e. The molecule has 3 atom stereocenters. The van der Waals surface area contributed by atoms with Crippen molar-refractivity contribution in [3.63, 3.8) is 0 Å². The predicted octanol–water partition coefficient (Wildman–Crippen LogP) is 3.58. The topological polar surface area (TPSA) is 46.5 Å². The SMILES string of the molecule is COc1c([C@@H]2C[C@@]3(C[C@H]2C(=O)O)CC3(F)F)ccc(F)c1F. The van der Waals surface area contributed by atoms with Crippen molar-refractivity contribution in [1.29, 1.82) is 0 Å². The number of methoxy groups -OCH3 is 1. The molecule has 0 bridgehead atoms. The maximum atomic E-state index is 13.8. The molecular formula is C15H14F4O3. The van der Waals surface area contributed by atoms with E-state index in [9.17, 15) is 27.5 Å². The number of halogens is 4. The first kappa shape index (κ1) is 15.1. The summed E-state index contributed by atoms with van der Waals surface area (Å²) in [5, 5.41) is 9.31. The van der Waals surface area contributed by atoms with Gasteiger partial charge in [-0.3, -0.25) is 4.79 Å². The summed E-state index contributed by atoms with van der Waals surface area (Å²) >= 11 is 0. The van der Waals surface area contributed by atoms with Gasteiger partial charge in [0, 0.05) is 23.3 Å². The molecule has 1 N–H and O–H groups in total. The summed E-state index contributed by atoms with van der Waals surface area (Å²) in [6.07, 6.45) is -0.590. The Morgan fingerprint density at radius 2 is 1.95 bits per heavy atom. The lowest BCUT2D eigenvalue weighted by Crippen LogP contribution is -2.18. The highest BCUT2D eigenvalue weighted by atomic mass is 19.3. The molecule has 2 fully saturated rings. The van der Waals surface area contributed by atoms with Crippen LogP contribution in [-0.2, 0) is 4.79 Å². The lowest BCUT2D eigenvalue weighted by atomic mass is 9.88. The lowest BCUT2D eigenvalue weighted by Gasteiger charge is -2.19. The zero-order valence-corrected chi connectivity index (χ0v) is 11.7. The molecule has 0 amide bonds. The molecule has 0 heterocycles. The number of carboxylic acid groups (broad SMARTS) is 1. The van der Waals surface area contributed by atoms with Crippen molar-refractivity contribution < 1.29 is 32.2 Å². The monoisotopic (exact) mass is 318 g/mol. The van der Waals surface area contributed by atoms with Crippen LogP contribution in [0.1, 0.15) is 30.7 Å². The molecule has 7 heteroatoms. The standard InChI is InChI=1S/C15H14F4O3/c1-22-12-7(2-3-10(16)11(12)17)8-4-14(6-15(14,18)19)5-9(8)13(20)21/h2-3,8-9H,4-6H2,1H3,(H,20,21)/t8-,9+,14+/m0/s1. The molecule has 0 aliphatic heterocycles. The van der Waals surface area contributed by atoms with Crippen LogP contribution in [0.2, 0.25) is 0 Å². The van der Waals surface area contributed by atoms with Crippen LogP contribution in [0.4, 0.5) is 17.6 Å². The van der Waals surface area contributed by atoms with Crippen LogP contribution in [0, 0.1) is 23.0 Å². The van der Waals surface area contributed by atoms with E-state index < -0.39 is 46.5 Å². The van der Waals surface area contributed by atoms with Crippen molar-refractivity contribution in [3.8, 4) is 5.75 Å². The normalized spacial score (nSPS) is 32.2. The number of rotatable bonds is 3. The molecule has 1 spiro atoms. The fourth-order valence-corrected chi connectivity index (χ4v) is 3.67. The minimum atomic E-state index is -2.89. The second-order valence-electron chi connectivity index (χ2n) is 6.10. The van der Waals surface area contributed by atoms with Gasteiger partial charge in [-0.25, -0.2) is 13.2 Å². The van der Waals surface area contributed by atoms with Gasteiger partial charge in [0.25, 0.3) is 5.92 Å². The zero-order valence-electron chi connectivity index (χ0n) is 11.7. The summed E-state index contributed by atoms with van der Waals surface area (Å²) in [6.45, 7) is 0. The van der Waals surface area contributed by atoms with E-state index in [-0.39, 0.29) is 24.8 Å². The lowest BCUT2D eigenvalue weighted by molar-refractivity contribution is -0.142. The van der Waals surface area contributed by atoms with E-state index in [0.717, 1.165) is 13.2 Å². The molecule has 3 rings (SSSR count). The number of aliphatic carboxylic acids is 1. The van der Waals surface area contributed by atoms with E-state index in [2.05, 4.69) is 0 Å². The van der Waals surface area contributed by atoms with E-state index in [1.54, 1.807) is 0 Å². The van der Waals surface area contributed by atoms with Crippen molar-refractivity contribution in [2.45, 2.75) is 31.1 Å². The first-order valence-electron chi connectivity index (χ1n) is 6.85. The molecule has 2 aliphatic rings. The van der Waals surface area contributed by atoms with Crippen LogP contribution >= 0.6 is 0 Å². The van der Waals surface area contributed by atoms with Gasteiger partial charge in [0.15, 0.2) is 11.6 Å². The molecule has 0 unspecified atom stereocenters. The van der Waals surface area contributed by atoms with Gasteiger partial charge < -0.3 is 9.84 Å². The number of carboxylic acids is 1. The Balaban J connectivity index is 2.03. The van der Waals surface area contributed by atoms with Crippen molar-refractivity contribution >= 4 is 5.97 Å². The summed E-state index contributed by atoms with van der Waals surface area (Å²) in [5.74, 6) is -8.75. The average molecular weight is 318 g/mol. The highest BCUT2D eigenvalue weighted by Gasteiger charge is 2.75. The van der Waals surface area contributed by atoms with Gasteiger partial charge in [-0.1, -0.05) is 6.07 Å². The van der Waals surface area contributed by atoms with E-state index >= 15 is 0 Å². The molecule has 22 heavy (non-hydrogen) atoms. The summed E-state index contributed by atoms with van der Waals surface area (Å²) in [4.78, 5) is 11.4. The Hall–Kier alpha value is -1.79. The largest absolute Gasteiger partial charge is 0.493 e. The number of hydrogen-bond acceptors (Lipinski definition) is 2. The fraction of sp³-hybridized carbons (Fsp3) is 0.533. The van der Waals surface area contributed by atoms with Gasteiger partial charge in [-0.2, -0.15) is 4.39 Å².